The van der Waals surface area contributed by atoms with Gasteiger partial charge in [-0.15, -0.1) is 0 Å². The Kier molecular flexibility index (Phi) is 10.7. The van der Waals surface area contributed by atoms with Crippen LogP contribution in [0.15, 0.2) is 132 Å². The van der Waals surface area contributed by atoms with Crippen LogP contribution in [0.4, 0.5) is 5.69 Å². The van der Waals surface area contributed by atoms with Gasteiger partial charge in [-0.05, 0) is 70.4 Å². The maximum absolute atomic E-state index is 14.3. The molecule has 0 aromatic heterocycles. The van der Waals surface area contributed by atoms with Gasteiger partial charge in [-0.3, -0.25) is 14.5 Å². The lowest BCUT2D eigenvalue weighted by Crippen LogP contribution is -2.66. The smallest absolute Gasteiger partial charge is 0.261 e. The molecule has 4 aromatic rings. The highest BCUT2D eigenvalue weighted by Crippen LogP contribution is 2.51. The Labute approximate surface area is 315 Å². The first-order chi connectivity index (χ1) is 25.6. The maximum atomic E-state index is 14.3. The van der Waals surface area contributed by atoms with E-state index in [1.807, 2.05) is 48.5 Å². The van der Waals surface area contributed by atoms with Crippen LogP contribution >= 0.6 is 0 Å². The van der Waals surface area contributed by atoms with Crippen LogP contribution in [0, 0.1) is 17.8 Å². The lowest BCUT2D eigenvalue weighted by molar-refractivity contribution is -0.122. The Balaban J connectivity index is 1.28. The van der Waals surface area contributed by atoms with Gasteiger partial charge in [-0.25, -0.2) is 0 Å². The third-order valence-corrected chi connectivity index (χ3v) is 16.5. The second kappa shape index (κ2) is 15.4. The zero-order valence-corrected chi connectivity index (χ0v) is 32.3. The minimum absolute atomic E-state index is 0.129. The number of imide groups is 1. The lowest BCUT2D eigenvalue weighted by Gasteiger charge is -2.44. The fourth-order valence-electron chi connectivity index (χ4n) is 9.13. The molecular weight excluding hydrogens is 675 g/mol. The number of benzene rings is 4. The zero-order chi connectivity index (χ0) is 37.2. The number of anilines is 1. The van der Waals surface area contributed by atoms with Crippen molar-refractivity contribution in [2.24, 2.45) is 17.8 Å². The third-order valence-electron chi connectivity index (χ3n) is 11.5. The summed E-state index contributed by atoms with van der Waals surface area (Å²) in [5.41, 5.74) is 4.94. The summed E-state index contributed by atoms with van der Waals surface area (Å²) >= 11 is 0. The van der Waals surface area contributed by atoms with E-state index in [2.05, 4.69) is 94.4 Å². The van der Waals surface area contributed by atoms with Crippen molar-refractivity contribution in [2.75, 3.05) is 18.1 Å². The molecule has 7 rings (SSSR count). The van der Waals surface area contributed by atoms with Gasteiger partial charge in [0, 0.05) is 11.5 Å². The molecule has 6 nitrogen and oxygen atoms in total. The number of phenols is 1. The second-order valence-electron chi connectivity index (χ2n) is 15.8. The lowest BCUT2D eigenvalue weighted by atomic mass is 9.69. The molecule has 0 unspecified atom stereocenters. The summed E-state index contributed by atoms with van der Waals surface area (Å²) in [6.07, 6.45) is 5.83. The van der Waals surface area contributed by atoms with Gasteiger partial charge in [0.15, 0.2) is 0 Å². The molecule has 274 valence electrons. The Morgan fingerprint density at radius 1 is 0.830 bits per heavy atom. The monoisotopic (exact) mass is 725 g/mol. The Bertz CT molecular complexity index is 1950. The van der Waals surface area contributed by atoms with Crippen LogP contribution in [0.25, 0.3) is 6.08 Å². The number of aromatic hydroxyl groups is 1. The molecule has 4 atom stereocenters. The molecular formula is C46H51NO5Si. The van der Waals surface area contributed by atoms with Crippen LogP contribution in [-0.4, -0.2) is 44.6 Å². The van der Waals surface area contributed by atoms with E-state index >= 15 is 0 Å². The topological polar surface area (TPSA) is 76.1 Å². The number of ether oxygens (including phenoxy) is 1. The normalized spacial score (nSPS) is 22.0. The summed E-state index contributed by atoms with van der Waals surface area (Å²) in [7, 11) is -2.90. The summed E-state index contributed by atoms with van der Waals surface area (Å²) < 4.78 is 14.2. The predicted octanol–water partition coefficient (Wildman–Crippen LogP) is 8.45. The highest BCUT2D eigenvalue weighted by molar-refractivity contribution is 6.99. The molecule has 4 aromatic carbocycles. The number of phenolic OH excluding ortho intramolecular Hbond substituents is 1. The van der Waals surface area contributed by atoms with Gasteiger partial charge >= 0.3 is 0 Å². The van der Waals surface area contributed by atoms with Crippen LogP contribution < -0.4 is 15.3 Å². The molecule has 2 fully saturated rings. The summed E-state index contributed by atoms with van der Waals surface area (Å²) in [5, 5.41) is 12.7. The van der Waals surface area contributed by atoms with Crippen LogP contribution in [0.5, 0.6) is 5.75 Å². The minimum atomic E-state index is -2.90. The highest BCUT2D eigenvalue weighted by atomic mass is 28.4. The summed E-state index contributed by atoms with van der Waals surface area (Å²) in [5.74, 6) is -1.11. The molecule has 2 amide bonds. The average Bonchev–Trinajstić information content (AvgIpc) is 3.70. The second-order valence-corrected chi connectivity index (χ2v) is 20.1. The van der Waals surface area contributed by atoms with E-state index in [0.29, 0.717) is 25.3 Å². The van der Waals surface area contributed by atoms with Crippen molar-refractivity contribution in [3.05, 3.63) is 138 Å². The standard InChI is InChI=1S/C46H51NO5Si/c1-5-17-32(28-33-18-15-16-25-40(33)48)26-27-41-42-34(29-38-43(39(42)31-51-41)45(50)47(44(38)49)35-19-9-6-10-20-35)30-52-53(46(2,3)4,36-21-11-7-12-22-36)37-23-13-8-14-24-37/h6-16,18-25,28,38-39,41,43,48H,5,17,26-27,29-31H2,1-4H3/b32-28+/t38-,39+,41-,43-/m1/s1. The van der Waals surface area contributed by atoms with Crippen LogP contribution in [0.3, 0.4) is 0 Å². The van der Waals surface area contributed by atoms with E-state index in [1.165, 1.54) is 20.8 Å². The first kappa shape index (κ1) is 36.8. The van der Waals surface area contributed by atoms with Crippen molar-refractivity contribution in [3.63, 3.8) is 0 Å². The Morgan fingerprint density at radius 2 is 1.43 bits per heavy atom. The van der Waals surface area contributed by atoms with Crippen molar-refractivity contribution >= 4 is 42.3 Å². The number of hydrogen-bond acceptors (Lipinski definition) is 5. The van der Waals surface area contributed by atoms with Gasteiger partial charge in [-0.2, -0.15) is 0 Å². The maximum Gasteiger partial charge on any atom is 0.261 e. The van der Waals surface area contributed by atoms with Crippen LogP contribution in [0.2, 0.25) is 5.04 Å². The molecule has 2 aliphatic heterocycles. The van der Waals surface area contributed by atoms with Gasteiger partial charge in [-0.1, -0.05) is 143 Å². The van der Waals surface area contributed by atoms with Gasteiger partial charge in [0.05, 0.1) is 36.8 Å². The molecule has 2 saturated heterocycles. The third kappa shape index (κ3) is 6.98. The molecule has 2 heterocycles. The Hall–Kier alpha value is -4.56. The van der Waals surface area contributed by atoms with E-state index in [4.69, 9.17) is 9.16 Å². The van der Waals surface area contributed by atoms with Crippen molar-refractivity contribution in [1.29, 1.82) is 0 Å². The van der Waals surface area contributed by atoms with Gasteiger partial charge < -0.3 is 14.3 Å². The molecule has 0 bridgehead atoms. The number of allylic oxidation sites excluding steroid dienone is 1. The molecule has 0 radical (unpaired) electrons. The van der Waals surface area contributed by atoms with E-state index in [9.17, 15) is 14.7 Å². The number of fused-ring (bicyclic) bond motifs is 3. The van der Waals surface area contributed by atoms with Gasteiger partial charge in [0.25, 0.3) is 8.32 Å². The van der Waals surface area contributed by atoms with E-state index in [1.54, 1.807) is 6.07 Å². The number of hydrogen-bond donors (Lipinski definition) is 1. The number of nitrogens with zero attached hydrogens (tertiary/aromatic N) is 1. The average molecular weight is 726 g/mol. The van der Waals surface area contributed by atoms with Gasteiger partial charge in [0.1, 0.15) is 5.75 Å². The summed E-state index contributed by atoms with van der Waals surface area (Å²) in [6.45, 7) is 9.78. The quantitative estimate of drug-likeness (QED) is 0.0902. The van der Waals surface area contributed by atoms with Gasteiger partial charge in [0.2, 0.25) is 11.8 Å². The van der Waals surface area contributed by atoms with Crippen molar-refractivity contribution in [3.8, 4) is 5.75 Å². The Morgan fingerprint density at radius 3 is 2.04 bits per heavy atom. The van der Waals surface area contributed by atoms with E-state index in [-0.39, 0.29) is 34.6 Å². The fraction of sp³-hybridized carbons (Fsp3) is 0.348. The van der Waals surface area contributed by atoms with Crippen molar-refractivity contribution in [1.82, 2.24) is 0 Å². The number of carbonyl (C=O) groups is 2. The van der Waals surface area contributed by atoms with Crippen molar-refractivity contribution in [2.45, 2.75) is 70.9 Å². The largest absolute Gasteiger partial charge is 0.507 e. The molecule has 7 heteroatoms. The van der Waals surface area contributed by atoms with Crippen molar-refractivity contribution < 1.29 is 23.9 Å². The fourth-order valence-corrected chi connectivity index (χ4v) is 13.7. The van der Waals surface area contributed by atoms with Crippen LogP contribution in [-0.2, 0) is 18.8 Å². The first-order valence-electron chi connectivity index (χ1n) is 19.1. The molecule has 53 heavy (non-hydrogen) atoms. The predicted molar refractivity (Wildman–Crippen MR) is 215 cm³/mol. The number of amides is 2. The van der Waals surface area contributed by atoms with E-state index < -0.39 is 20.2 Å². The molecule has 1 N–H and O–H groups in total. The minimum Gasteiger partial charge on any atom is -0.507 e. The van der Waals surface area contributed by atoms with E-state index in [0.717, 1.165) is 42.4 Å². The molecule has 0 spiro atoms. The number of rotatable bonds is 12. The van der Waals surface area contributed by atoms with Crippen LogP contribution in [0.1, 0.15) is 65.4 Å². The summed E-state index contributed by atoms with van der Waals surface area (Å²) in [4.78, 5) is 29.9. The zero-order valence-electron chi connectivity index (χ0n) is 31.3. The molecule has 1 aliphatic carbocycles. The molecule has 0 saturated carbocycles. The SMILES string of the molecule is CCC/C(=C\c1ccccc1O)CC[C@H]1OC[C@H]2C1=C(CO[Si](c1ccccc1)(c1ccccc1)C(C)(C)C)C[C@H]1C(=O)N(c3ccccc3)C(=O)[C@H]12. The molecule has 3 aliphatic rings. The highest BCUT2D eigenvalue weighted by Gasteiger charge is 2.58. The summed E-state index contributed by atoms with van der Waals surface area (Å²) in [6, 6.07) is 38.1. The number of para-hydroxylation sites is 2. The first-order valence-corrected chi connectivity index (χ1v) is 21.0. The number of carbonyl (C=O) groups excluding carboxylic acids is 2.